The molecular formula is C52H101NO8P+. The highest BCUT2D eigenvalue weighted by Crippen LogP contribution is 2.43. The Morgan fingerprint density at radius 3 is 1.19 bits per heavy atom. The highest BCUT2D eigenvalue weighted by molar-refractivity contribution is 7.47. The van der Waals surface area contributed by atoms with Gasteiger partial charge in [-0.1, -0.05) is 192 Å². The number of carbonyl (C=O) groups excluding carboxylic acids is 2. The van der Waals surface area contributed by atoms with Gasteiger partial charge >= 0.3 is 19.8 Å². The molecule has 62 heavy (non-hydrogen) atoms. The summed E-state index contributed by atoms with van der Waals surface area (Å²) in [6, 6.07) is 0. The molecule has 0 aromatic carbocycles. The SMILES string of the molecule is CCCCCCCC/C=C/CCCCCCCCCCCC(=O)OC[C@H](COP(=O)(O)OCC[N+](C)(C)C)OC(=O)CCCCCCCCCCC/C=C/CCCCCCCC. The van der Waals surface area contributed by atoms with Crippen LogP contribution in [0.2, 0.25) is 0 Å². The molecule has 0 saturated heterocycles. The lowest BCUT2D eigenvalue weighted by Gasteiger charge is -2.24. The van der Waals surface area contributed by atoms with Gasteiger partial charge in [0.1, 0.15) is 19.8 Å². The Hall–Kier alpha value is -1.51. The van der Waals surface area contributed by atoms with E-state index in [-0.39, 0.29) is 32.0 Å². The van der Waals surface area contributed by atoms with Crippen LogP contribution in [0, 0.1) is 0 Å². The van der Waals surface area contributed by atoms with Gasteiger partial charge in [0.05, 0.1) is 27.7 Å². The maximum absolute atomic E-state index is 12.8. The summed E-state index contributed by atoms with van der Waals surface area (Å²) in [6.45, 7) is 4.45. The molecule has 0 amide bonds. The molecule has 0 bridgehead atoms. The predicted octanol–water partition coefficient (Wildman–Crippen LogP) is 15.5. The second-order valence-corrected chi connectivity index (χ2v) is 20.4. The Labute approximate surface area is 383 Å². The van der Waals surface area contributed by atoms with E-state index in [0.29, 0.717) is 17.4 Å². The number of phosphoric ester groups is 1. The van der Waals surface area contributed by atoms with E-state index in [2.05, 4.69) is 38.2 Å². The summed E-state index contributed by atoms with van der Waals surface area (Å²) in [7, 11) is 1.48. The number of hydrogen-bond donors (Lipinski definition) is 1. The van der Waals surface area contributed by atoms with Crippen molar-refractivity contribution < 1.29 is 42.1 Å². The molecule has 0 saturated carbocycles. The van der Waals surface area contributed by atoms with Crippen LogP contribution in [0.5, 0.6) is 0 Å². The molecule has 10 heteroatoms. The van der Waals surface area contributed by atoms with Gasteiger partial charge in [-0.25, -0.2) is 4.57 Å². The second-order valence-electron chi connectivity index (χ2n) is 18.9. The Balaban J connectivity index is 4.23. The van der Waals surface area contributed by atoms with E-state index in [1.54, 1.807) is 0 Å². The predicted molar refractivity (Wildman–Crippen MR) is 261 cm³/mol. The average Bonchev–Trinajstić information content (AvgIpc) is 3.23. The van der Waals surface area contributed by atoms with Gasteiger partial charge < -0.3 is 18.9 Å². The quantitative estimate of drug-likeness (QED) is 0.0211. The van der Waals surface area contributed by atoms with Crippen LogP contribution in [0.15, 0.2) is 24.3 Å². The lowest BCUT2D eigenvalue weighted by molar-refractivity contribution is -0.870. The number of ether oxygens (including phenoxy) is 2. The van der Waals surface area contributed by atoms with Gasteiger partial charge in [-0.3, -0.25) is 18.6 Å². The first kappa shape index (κ1) is 60.5. The number of unbranched alkanes of at least 4 members (excludes halogenated alkanes) is 30. The molecule has 0 radical (unpaired) electrons. The summed E-state index contributed by atoms with van der Waals surface area (Å²) < 4.78 is 34.5. The van der Waals surface area contributed by atoms with E-state index < -0.39 is 26.5 Å². The molecule has 0 aliphatic carbocycles. The van der Waals surface area contributed by atoms with Gasteiger partial charge in [-0.2, -0.15) is 0 Å². The molecule has 0 spiro atoms. The highest BCUT2D eigenvalue weighted by atomic mass is 31.2. The van der Waals surface area contributed by atoms with Crippen molar-refractivity contribution in [2.24, 2.45) is 0 Å². The van der Waals surface area contributed by atoms with Crippen LogP contribution in [-0.2, 0) is 32.7 Å². The fourth-order valence-electron chi connectivity index (χ4n) is 7.36. The minimum absolute atomic E-state index is 0.0327. The Morgan fingerprint density at radius 2 is 0.823 bits per heavy atom. The minimum Gasteiger partial charge on any atom is -0.462 e. The molecule has 366 valence electrons. The topological polar surface area (TPSA) is 108 Å². The van der Waals surface area contributed by atoms with E-state index in [9.17, 15) is 19.0 Å². The molecule has 1 unspecified atom stereocenters. The van der Waals surface area contributed by atoms with Crippen LogP contribution in [0.1, 0.15) is 245 Å². The smallest absolute Gasteiger partial charge is 0.462 e. The normalized spacial score (nSPS) is 13.6. The molecule has 0 aromatic rings. The van der Waals surface area contributed by atoms with Gasteiger partial charge in [0, 0.05) is 12.8 Å². The van der Waals surface area contributed by atoms with Crippen molar-refractivity contribution in [1.29, 1.82) is 0 Å². The van der Waals surface area contributed by atoms with Gasteiger partial charge in [0.2, 0.25) is 0 Å². The van der Waals surface area contributed by atoms with E-state index in [0.717, 1.165) is 38.5 Å². The van der Waals surface area contributed by atoms with Crippen LogP contribution in [0.4, 0.5) is 0 Å². The molecule has 0 aliphatic heterocycles. The summed E-state index contributed by atoms with van der Waals surface area (Å²) in [5.74, 6) is -0.792. The minimum atomic E-state index is -4.38. The lowest BCUT2D eigenvalue weighted by atomic mass is 10.1. The molecular weight excluding hydrogens is 798 g/mol. The molecule has 1 N–H and O–H groups in total. The van der Waals surface area contributed by atoms with Crippen molar-refractivity contribution in [3.8, 4) is 0 Å². The first-order valence-corrected chi connectivity index (χ1v) is 27.6. The van der Waals surface area contributed by atoms with Gasteiger partial charge in [0.15, 0.2) is 6.10 Å². The van der Waals surface area contributed by atoms with E-state index >= 15 is 0 Å². The molecule has 0 heterocycles. The number of quaternary nitrogens is 1. The zero-order chi connectivity index (χ0) is 45.7. The number of carbonyl (C=O) groups is 2. The molecule has 2 atom stereocenters. The van der Waals surface area contributed by atoms with Gasteiger partial charge in [0.25, 0.3) is 0 Å². The zero-order valence-corrected chi connectivity index (χ0v) is 42.3. The number of esters is 2. The summed E-state index contributed by atoms with van der Waals surface area (Å²) in [6.07, 6.45) is 50.8. The van der Waals surface area contributed by atoms with Crippen molar-refractivity contribution >= 4 is 19.8 Å². The van der Waals surface area contributed by atoms with Crippen LogP contribution in [-0.4, -0.2) is 74.9 Å². The Bertz CT molecular complexity index is 1110. The van der Waals surface area contributed by atoms with Crippen LogP contribution < -0.4 is 0 Å². The first-order valence-electron chi connectivity index (χ1n) is 26.1. The van der Waals surface area contributed by atoms with Gasteiger partial charge in [-0.15, -0.1) is 0 Å². The lowest BCUT2D eigenvalue weighted by Crippen LogP contribution is -2.37. The van der Waals surface area contributed by atoms with Crippen LogP contribution in [0.25, 0.3) is 0 Å². The van der Waals surface area contributed by atoms with Crippen molar-refractivity contribution in [3.05, 3.63) is 24.3 Å². The number of rotatable bonds is 48. The second kappa shape index (κ2) is 44.7. The third kappa shape index (κ3) is 48.0. The standard InChI is InChI=1S/C52H100NO8P/c1-6-8-10-12-14-16-18-20-22-24-26-28-30-32-34-36-38-40-42-44-51(54)58-48-50(49-60-62(56,57)59-47-46-53(3,4)5)61-52(55)45-43-41-39-37-35-33-31-29-27-25-23-21-19-17-15-13-11-9-7-2/h20-23,50H,6-19,24-49H2,1-5H3/p+1/b22-20+,23-21+/t50-/m1/s1. The molecule has 9 nitrogen and oxygen atoms in total. The first-order chi connectivity index (χ1) is 30.0. The summed E-state index contributed by atoms with van der Waals surface area (Å²) in [5.41, 5.74) is 0. The number of allylic oxidation sites excluding steroid dienone is 4. The van der Waals surface area contributed by atoms with Crippen molar-refractivity contribution in [2.45, 2.75) is 251 Å². The fourth-order valence-corrected chi connectivity index (χ4v) is 8.10. The monoisotopic (exact) mass is 899 g/mol. The third-order valence-electron chi connectivity index (χ3n) is 11.5. The summed E-state index contributed by atoms with van der Waals surface area (Å²) in [4.78, 5) is 35.6. The fraction of sp³-hybridized carbons (Fsp3) is 0.885. The largest absolute Gasteiger partial charge is 0.472 e. The molecule has 0 aliphatic rings. The molecule has 0 fully saturated rings. The molecule has 0 aromatic heterocycles. The zero-order valence-electron chi connectivity index (χ0n) is 41.4. The number of likely N-dealkylation sites (N-methyl/N-ethyl adjacent to an activating group) is 1. The maximum atomic E-state index is 12.8. The van der Waals surface area contributed by atoms with Crippen molar-refractivity contribution in [2.75, 3.05) is 47.5 Å². The summed E-state index contributed by atoms with van der Waals surface area (Å²) in [5, 5.41) is 0. The van der Waals surface area contributed by atoms with Crippen LogP contribution in [0.3, 0.4) is 0 Å². The Kier molecular flexibility index (Phi) is 43.6. The van der Waals surface area contributed by atoms with Crippen molar-refractivity contribution in [1.82, 2.24) is 0 Å². The number of phosphoric acid groups is 1. The van der Waals surface area contributed by atoms with Crippen LogP contribution >= 0.6 is 7.82 Å². The number of nitrogens with zero attached hydrogens (tertiary/aromatic N) is 1. The van der Waals surface area contributed by atoms with E-state index in [4.69, 9.17) is 18.5 Å². The summed E-state index contributed by atoms with van der Waals surface area (Å²) >= 11 is 0. The van der Waals surface area contributed by atoms with E-state index in [1.165, 1.54) is 173 Å². The third-order valence-corrected chi connectivity index (χ3v) is 12.4. The number of hydrogen-bond acceptors (Lipinski definition) is 7. The highest BCUT2D eigenvalue weighted by Gasteiger charge is 2.27. The maximum Gasteiger partial charge on any atom is 0.472 e. The van der Waals surface area contributed by atoms with E-state index in [1.807, 2.05) is 21.1 Å². The Morgan fingerprint density at radius 1 is 0.484 bits per heavy atom. The van der Waals surface area contributed by atoms with Gasteiger partial charge in [-0.05, 0) is 64.2 Å². The average molecular weight is 899 g/mol. The molecule has 0 rings (SSSR count). The van der Waals surface area contributed by atoms with Crippen molar-refractivity contribution in [3.63, 3.8) is 0 Å².